The van der Waals surface area contributed by atoms with Gasteiger partial charge in [0, 0.05) is 0 Å². The van der Waals surface area contributed by atoms with E-state index < -0.39 is 36.9 Å². The first-order valence-corrected chi connectivity index (χ1v) is 19.1. The molecule has 0 bridgehead atoms. The summed E-state index contributed by atoms with van der Waals surface area (Å²) in [5.74, 6) is -0.592. The third-order valence-electron chi connectivity index (χ3n) is 8.98. The Hall–Kier alpha value is -0.950. The van der Waals surface area contributed by atoms with Gasteiger partial charge in [-0.1, -0.05) is 167 Å². The third kappa shape index (κ3) is 27.4. The normalized spacial score (nSPS) is 14.6. The van der Waals surface area contributed by atoms with E-state index in [2.05, 4.69) is 31.3 Å². The van der Waals surface area contributed by atoms with Crippen LogP contribution in [0.3, 0.4) is 0 Å². The van der Waals surface area contributed by atoms with E-state index in [1.807, 2.05) is 0 Å². The molecule has 4 unspecified atom stereocenters. The van der Waals surface area contributed by atoms with E-state index >= 15 is 0 Å². The average Bonchev–Trinajstić information content (AvgIpc) is 3.03. The Kier molecular flexibility index (Phi) is 32.7. The van der Waals surface area contributed by atoms with Gasteiger partial charge in [-0.05, 0) is 38.5 Å². The second kappa shape index (κ2) is 33.4. The summed E-state index contributed by atoms with van der Waals surface area (Å²) in [4.78, 5) is 12.4. The van der Waals surface area contributed by atoms with Gasteiger partial charge in [-0.3, -0.25) is 4.79 Å². The Morgan fingerprint density at radius 1 is 0.545 bits per heavy atom. The first-order chi connectivity index (χ1) is 21.5. The molecule has 44 heavy (non-hydrogen) atoms. The number of aliphatic hydroxyl groups is 4. The molecule has 0 fully saturated rings. The second-order valence-corrected chi connectivity index (χ2v) is 13.3. The second-order valence-electron chi connectivity index (χ2n) is 13.3. The van der Waals surface area contributed by atoms with E-state index in [9.17, 15) is 25.2 Å². The van der Waals surface area contributed by atoms with Crippen LogP contribution in [0.2, 0.25) is 0 Å². The maximum atomic E-state index is 12.4. The number of hydrogen-bond acceptors (Lipinski definition) is 5. The summed E-state index contributed by atoms with van der Waals surface area (Å²) in [6.07, 6.45) is 34.1. The zero-order valence-corrected chi connectivity index (χ0v) is 29.2. The largest absolute Gasteiger partial charge is 0.394 e. The number of carbonyl (C=O) groups is 1. The van der Waals surface area contributed by atoms with Crippen LogP contribution >= 0.6 is 0 Å². The van der Waals surface area contributed by atoms with Gasteiger partial charge in [0.1, 0.15) is 12.2 Å². The van der Waals surface area contributed by atoms with Gasteiger partial charge < -0.3 is 25.7 Å². The minimum atomic E-state index is -1.25. The van der Waals surface area contributed by atoms with E-state index in [0.717, 1.165) is 44.9 Å². The molecule has 5 N–H and O–H groups in total. The highest BCUT2D eigenvalue weighted by Crippen LogP contribution is 2.15. The molecular formula is C38H75NO5. The van der Waals surface area contributed by atoms with Gasteiger partial charge in [0.2, 0.25) is 5.91 Å². The molecule has 4 atom stereocenters. The van der Waals surface area contributed by atoms with Gasteiger partial charge in [-0.2, -0.15) is 0 Å². The topological polar surface area (TPSA) is 110 Å². The summed E-state index contributed by atoms with van der Waals surface area (Å²) in [7, 11) is 0. The number of aliphatic hydroxyl groups excluding tert-OH is 4. The van der Waals surface area contributed by atoms with E-state index in [0.29, 0.717) is 12.8 Å². The molecule has 6 heteroatoms. The first kappa shape index (κ1) is 43.0. The molecule has 0 aliphatic heterocycles. The highest BCUT2D eigenvalue weighted by molar-refractivity contribution is 5.80. The predicted octanol–water partition coefficient (Wildman–Crippen LogP) is 9.07. The summed E-state index contributed by atoms with van der Waals surface area (Å²) in [5, 5.41) is 43.1. The monoisotopic (exact) mass is 626 g/mol. The molecular weight excluding hydrogens is 550 g/mol. The summed E-state index contributed by atoms with van der Waals surface area (Å²) in [6.45, 7) is 3.96. The lowest BCUT2D eigenvalue weighted by Crippen LogP contribution is -2.53. The molecule has 0 heterocycles. The van der Waals surface area contributed by atoms with Crippen molar-refractivity contribution >= 4 is 5.91 Å². The molecule has 0 aliphatic rings. The Morgan fingerprint density at radius 3 is 1.32 bits per heavy atom. The molecule has 0 spiro atoms. The van der Waals surface area contributed by atoms with Crippen molar-refractivity contribution in [3.63, 3.8) is 0 Å². The van der Waals surface area contributed by atoms with Crippen molar-refractivity contribution < 1.29 is 25.2 Å². The number of hydrogen-bond donors (Lipinski definition) is 5. The molecule has 0 saturated heterocycles. The number of amides is 1. The molecule has 0 aromatic heterocycles. The summed E-state index contributed by atoms with van der Waals surface area (Å²) in [6, 6.07) is -0.981. The minimum Gasteiger partial charge on any atom is -0.394 e. The lowest BCUT2D eigenvalue weighted by atomic mass is 9.99. The third-order valence-corrected chi connectivity index (χ3v) is 8.98. The predicted molar refractivity (Wildman–Crippen MR) is 187 cm³/mol. The van der Waals surface area contributed by atoms with Gasteiger partial charge in [0.25, 0.3) is 0 Å². The van der Waals surface area contributed by atoms with Gasteiger partial charge in [0.15, 0.2) is 0 Å². The Bertz CT molecular complexity index is 628. The maximum absolute atomic E-state index is 12.4. The summed E-state index contributed by atoms with van der Waals surface area (Å²) >= 11 is 0. The fourth-order valence-corrected chi connectivity index (χ4v) is 5.87. The van der Waals surface area contributed by atoms with Crippen LogP contribution < -0.4 is 5.32 Å². The molecule has 0 aromatic carbocycles. The Balaban J connectivity index is 3.67. The van der Waals surface area contributed by atoms with Crippen LogP contribution in [0.25, 0.3) is 0 Å². The number of carbonyl (C=O) groups excluding carboxylic acids is 1. The molecule has 0 rings (SSSR count). The SMILES string of the molecule is CCCCCCCCCCCCCC/C=C\CCCCCCCCC(O)C(=O)NC(CO)C(O)C(O)CCCCCCCC. The summed E-state index contributed by atoms with van der Waals surface area (Å²) in [5.41, 5.74) is 0. The number of allylic oxidation sites excluding steroid dienone is 2. The Labute approximate surface area is 272 Å². The quantitative estimate of drug-likeness (QED) is 0.0362. The molecule has 1 amide bonds. The highest BCUT2D eigenvalue weighted by atomic mass is 16.3. The minimum absolute atomic E-state index is 0.363. The number of nitrogens with one attached hydrogen (secondary N) is 1. The highest BCUT2D eigenvalue weighted by Gasteiger charge is 2.28. The van der Waals surface area contributed by atoms with Crippen LogP contribution in [0.1, 0.15) is 194 Å². The summed E-state index contributed by atoms with van der Waals surface area (Å²) < 4.78 is 0. The van der Waals surface area contributed by atoms with E-state index in [1.54, 1.807) is 0 Å². The van der Waals surface area contributed by atoms with Crippen molar-refractivity contribution in [1.29, 1.82) is 0 Å². The van der Waals surface area contributed by atoms with Crippen LogP contribution in [-0.2, 0) is 4.79 Å². The molecule has 0 aromatic rings. The fourth-order valence-electron chi connectivity index (χ4n) is 5.87. The molecule has 0 radical (unpaired) electrons. The standard InChI is InChI=1S/C38H75NO5/c1-3-5-7-9-11-12-13-14-15-16-17-18-19-20-21-22-23-24-25-26-28-30-32-36(42)38(44)39-34(33-40)37(43)35(41)31-29-27-10-8-6-4-2/h20-21,34-37,40-43H,3-19,22-33H2,1-2H3,(H,39,44)/b21-20-. The molecule has 262 valence electrons. The van der Waals surface area contributed by atoms with E-state index in [4.69, 9.17) is 0 Å². The van der Waals surface area contributed by atoms with E-state index in [1.165, 1.54) is 122 Å². The van der Waals surface area contributed by atoms with Crippen molar-refractivity contribution in [2.75, 3.05) is 6.61 Å². The number of unbranched alkanes of at least 4 members (excludes halogenated alkanes) is 23. The molecule has 0 saturated carbocycles. The maximum Gasteiger partial charge on any atom is 0.249 e. The Morgan fingerprint density at radius 2 is 0.909 bits per heavy atom. The zero-order valence-electron chi connectivity index (χ0n) is 29.2. The number of rotatable bonds is 34. The average molecular weight is 626 g/mol. The van der Waals surface area contributed by atoms with Crippen LogP contribution in [0, 0.1) is 0 Å². The van der Waals surface area contributed by atoms with Crippen molar-refractivity contribution in [2.45, 2.75) is 218 Å². The lowest BCUT2D eigenvalue weighted by Gasteiger charge is -2.27. The molecule has 0 aliphatic carbocycles. The van der Waals surface area contributed by atoms with Gasteiger partial charge in [0.05, 0.1) is 18.8 Å². The lowest BCUT2D eigenvalue weighted by molar-refractivity contribution is -0.132. The van der Waals surface area contributed by atoms with Crippen LogP contribution in [0.5, 0.6) is 0 Å². The van der Waals surface area contributed by atoms with Gasteiger partial charge in [-0.25, -0.2) is 0 Å². The van der Waals surface area contributed by atoms with Crippen molar-refractivity contribution in [1.82, 2.24) is 5.32 Å². The van der Waals surface area contributed by atoms with Gasteiger partial charge in [-0.15, -0.1) is 0 Å². The van der Waals surface area contributed by atoms with Crippen LogP contribution in [-0.4, -0.2) is 57.3 Å². The van der Waals surface area contributed by atoms with Crippen LogP contribution in [0.4, 0.5) is 0 Å². The van der Waals surface area contributed by atoms with Crippen molar-refractivity contribution in [3.05, 3.63) is 12.2 Å². The fraction of sp³-hybridized carbons (Fsp3) is 0.921. The van der Waals surface area contributed by atoms with E-state index in [-0.39, 0.29) is 0 Å². The van der Waals surface area contributed by atoms with Crippen molar-refractivity contribution in [2.24, 2.45) is 0 Å². The smallest absolute Gasteiger partial charge is 0.249 e. The van der Waals surface area contributed by atoms with Crippen molar-refractivity contribution in [3.8, 4) is 0 Å². The van der Waals surface area contributed by atoms with Gasteiger partial charge >= 0.3 is 0 Å². The first-order valence-electron chi connectivity index (χ1n) is 19.1. The zero-order chi connectivity index (χ0) is 32.5. The van der Waals surface area contributed by atoms with Crippen LogP contribution in [0.15, 0.2) is 12.2 Å². The molecule has 6 nitrogen and oxygen atoms in total.